The third-order valence-corrected chi connectivity index (χ3v) is 4.48. The van der Waals surface area contributed by atoms with Crippen LogP contribution in [0.5, 0.6) is 0 Å². The Morgan fingerprint density at radius 1 is 1.30 bits per heavy atom. The number of hydrogen-bond acceptors (Lipinski definition) is 2. The van der Waals surface area contributed by atoms with Crippen molar-refractivity contribution in [3.05, 3.63) is 50.7 Å². The Kier molecular flexibility index (Phi) is 5.24. The van der Waals surface area contributed by atoms with Crippen LogP contribution in [-0.4, -0.2) is 21.0 Å². The number of rotatable bonds is 5. The van der Waals surface area contributed by atoms with Crippen molar-refractivity contribution in [1.29, 1.82) is 0 Å². The maximum atomic E-state index is 10.3. The summed E-state index contributed by atoms with van der Waals surface area (Å²) in [6.45, 7) is 2.07. The molecule has 0 radical (unpaired) electrons. The molecule has 1 aromatic carbocycles. The fourth-order valence-corrected chi connectivity index (χ4v) is 3.13. The number of hydrogen-bond donors (Lipinski definition) is 1. The van der Waals surface area contributed by atoms with Crippen LogP contribution in [0.3, 0.4) is 0 Å². The zero-order chi connectivity index (χ0) is 14.7. The third-order valence-electron chi connectivity index (χ3n) is 3.32. The van der Waals surface area contributed by atoms with Crippen LogP contribution in [0.15, 0.2) is 28.7 Å². The van der Waals surface area contributed by atoms with Gasteiger partial charge in [0.05, 0.1) is 22.0 Å². The van der Waals surface area contributed by atoms with Gasteiger partial charge in [0.2, 0.25) is 0 Å². The highest BCUT2D eigenvalue weighted by molar-refractivity contribution is 9.10. The largest absolute Gasteiger partial charge is 0.392 e. The van der Waals surface area contributed by atoms with Gasteiger partial charge in [-0.25, -0.2) is 0 Å². The highest BCUT2D eigenvalue weighted by atomic mass is 79.9. The van der Waals surface area contributed by atoms with E-state index in [1.807, 2.05) is 36.0 Å². The molecule has 20 heavy (non-hydrogen) atoms. The Morgan fingerprint density at radius 3 is 2.50 bits per heavy atom. The highest BCUT2D eigenvalue weighted by Gasteiger charge is 2.16. The first-order valence-corrected chi connectivity index (χ1v) is 7.81. The van der Waals surface area contributed by atoms with Gasteiger partial charge in [-0.05, 0) is 46.5 Å². The van der Waals surface area contributed by atoms with Gasteiger partial charge < -0.3 is 5.11 Å². The molecule has 108 valence electrons. The van der Waals surface area contributed by atoms with E-state index < -0.39 is 6.10 Å². The van der Waals surface area contributed by atoms with Crippen molar-refractivity contribution in [3.63, 3.8) is 0 Å². The van der Waals surface area contributed by atoms with Crippen LogP contribution in [-0.2, 0) is 26.3 Å². The number of benzene rings is 1. The predicted molar refractivity (Wildman–Crippen MR) is 85.2 cm³/mol. The minimum atomic E-state index is -0.437. The molecular weight excluding hydrogens is 340 g/mol. The molecule has 1 unspecified atom stereocenters. The van der Waals surface area contributed by atoms with Crippen LogP contribution in [0.1, 0.15) is 23.9 Å². The first kappa shape index (κ1) is 15.5. The molecular formula is C15H18BrClN2O. The second-order valence-electron chi connectivity index (χ2n) is 4.87. The normalized spacial score (nSPS) is 12.7. The minimum absolute atomic E-state index is 0.437. The second-order valence-corrected chi connectivity index (χ2v) is 6.10. The molecule has 0 aliphatic carbocycles. The van der Waals surface area contributed by atoms with Gasteiger partial charge in [0.25, 0.3) is 0 Å². The van der Waals surface area contributed by atoms with Crippen LogP contribution in [0.2, 0.25) is 5.02 Å². The summed E-state index contributed by atoms with van der Waals surface area (Å²) >= 11 is 9.43. The van der Waals surface area contributed by atoms with E-state index >= 15 is 0 Å². The Labute approximate surface area is 132 Å². The maximum Gasteiger partial charge on any atom is 0.0766 e. The first-order chi connectivity index (χ1) is 9.51. The Bertz CT molecular complexity index is 580. The van der Waals surface area contributed by atoms with E-state index in [-0.39, 0.29) is 0 Å². The average molecular weight is 358 g/mol. The van der Waals surface area contributed by atoms with Gasteiger partial charge in [0.15, 0.2) is 0 Å². The molecule has 5 heteroatoms. The third kappa shape index (κ3) is 3.62. The van der Waals surface area contributed by atoms with Crippen molar-refractivity contribution in [2.45, 2.75) is 32.3 Å². The molecule has 0 saturated carbocycles. The molecule has 1 heterocycles. The number of aliphatic hydroxyl groups excluding tert-OH is 1. The predicted octanol–water partition coefficient (Wildman–Crippen LogP) is 3.54. The topological polar surface area (TPSA) is 38.0 Å². The Hall–Kier alpha value is -0.840. The lowest BCUT2D eigenvalue weighted by molar-refractivity contribution is 0.172. The molecule has 0 amide bonds. The van der Waals surface area contributed by atoms with Crippen molar-refractivity contribution in [1.82, 2.24) is 9.78 Å². The van der Waals surface area contributed by atoms with E-state index in [0.29, 0.717) is 17.9 Å². The first-order valence-electron chi connectivity index (χ1n) is 6.64. The van der Waals surface area contributed by atoms with E-state index in [2.05, 4.69) is 28.0 Å². The van der Waals surface area contributed by atoms with Gasteiger partial charge in [-0.2, -0.15) is 5.10 Å². The van der Waals surface area contributed by atoms with Crippen LogP contribution in [0, 0.1) is 0 Å². The second kappa shape index (κ2) is 6.74. The molecule has 0 aliphatic heterocycles. The summed E-state index contributed by atoms with van der Waals surface area (Å²) in [5.41, 5.74) is 3.14. The number of aromatic nitrogens is 2. The highest BCUT2D eigenvalue weighted by Crippen LogP contribution is 2.23. The van der Waals surface area contributed by atoms with Gasteiger partial charge in [-0.15, -0.1) is 0 Å². The molecule has 1 N–H and O–H groups in total. The number of nitrogens with zero attached hydrogens (tertiary/aromatic N) is 2. The average Bonchev–Trinajstić information content (AvgIpc) is 2.69. The quantitative estimate of drug-likeness (QED) is 0.889. The molecule has 0 bridgehead atoms. The summed E-state index contributed by atoms with van der Waals surface area (Å²) in [5.74, 6) is 0. The SMILES string of the molecule is CCc1nn(C)c(CC(O)Cc2ccc(Cl)cc2)c1Br. The molecule has 0 fully saturated rings. The minimum Gasteiger partial charge on any atom is -0.392 e. The molecule has 0 aliphatic rings. The van der Waals surface area contributed by atoms with Crippen molar-refractivity contribution in [3.8, 4) is 0 Å². The monoisotopic (exact) mass is 356 g/mol. The van der Waals surface area contributed by atoms with Crippen LogP contribution in [0.25, 0.3) is 0 Å². The molecule has 2 rings (SSSR count). The fraction of sp³-hybridized carbons (Fsp3) is 0.400. The number of aliphatic hydroxyl groups is 1. The van der Waals surface area contributed by atoms with Gasteiger partial charge in [-0.1, -0.05) is 30.7 Å². The van der Waals surface area contributed by atoms with Crippen molar-refractivity contribution < 1.29 is 5.11 Å². The smallest absolute Gasteiger partial charge is 0.0766 e. The summed E-state index contributed by atoms with van der Waals surface area (Å²) in [5, 5.41) is 15.4. The van der Waals surface area contributed by atoms with E-state index in [1.54, 1.807) is 0 Å². The molecule has 1 aromatic heterocycles. The van der Waals surface area contributed by atoms with Crippen LogP contribution < -0.4 is 0 Å². The van der Waals surface area contributed by atoms with Gasteiger partial charge in [0, 0.05) is 18.5 Å². The summed E-state index contributed by atoms with van der Waals surface area (Å²) in [6.07, 6.45) is 1.62. The molecule has 1 atom stereocenters. The zero-order valence-electron chi connectivity index (χ0n) is 11.6. The summed E-state index contributed by atoms with van der Waals surface area (Å²) in [7, 11) is 1.91. The maximum absolute atomic E-state index is 10.3. The lowest BCUT2D eigenvalue weighted by Gasteiger charge is -2.11. The molecule has 0 spiro atoms. The van der Waals surface area contributed by atoms with Crippen molar-refractivity contribution in [2.75, 3.05) is 0 Å². The summed E-state index contributed by atoms with van der Waals surface area (Å²) in [4.78, 5) is 0. The van der Waals surface area contributed by atoms with Gasteiger partial charge >= 0.3 is 0 Å². The molecule has 2 aromatic rings. The summed E-state index contributed by atoms with van der Waals surface area (Å²) in [6, 6.07) is 7.58. The number of halogens is 2. The summed E-state index contributed by atoms with van der Waals surface area (Å²) < 4.78 is 2.85. The lowest BCUT2D eigenvalue weighted by atomic mass is 10.0. The zero-order valence-corrected chi connectivity index (χ0v) is 13.9. The molecule has 3 nitrogen and oxygen atoms in total. The van der Waals surface area contributed by atoms with E-state index in [4.69, 9.17) is 11.6 Å². The standard InChI is InChI=1S/C15H18BrClN2O/c1-3-13-15(16)14(19(2)18-13)9-12(20)8-10-4-6-11(17)7-5-10/h4-7,12,20H,3,8-9H2,1-2H3. The van der Waals surface area contributed by atoms with E-state index in [9.17, 15) is 5.11 Å². The Morgan fingerprint density at radius 2 is 1.95 bits per heavy atom. The number of aryl methyl sites for hydroxylation is 2. The fourth-order valence-electron chi connectivity index (χ4n) is 2.23. The van der Waals surface area contributed by atoms with Crippen molar-refractivity contribution >= 4 is 27.5 Å². The lowest BCUT2D eigenvalue weighted by Crippen LogP contribution is -2.16. The van der Waals surface area contributed by atoms with E-state index in [0.717, 1.165) is 27.8 Å². The Balaban J connectivity index is 2.06. The van der Waals surface area contributed by atoms with Gasteiger partial charge in [0.1, 0.15) is 0 Å². The van der Waals surface area contributed by atoms with Gasteiger partial charge in [-0.3, -0.25) is 4.68 Å². The molecule has 0 saturated heterocycles. The van der Waals surface area contributed by atoms with Crippen LogP contribution >= 0.6 is 27.5 Å². The van der Waals surface area contributed by atoms with Crippen LogP contribution in [0.4, 0.5) is 0 Å². The van der Waals surface area contributed by atoms with Crippen molar-refractivity contribution in [2.24, 2.45) is 7.05 Å². The van der Waals surface area contributed by atoms with E-state index in [1.165, 1.54) is 0 Å².